The monoisotopic (exact) mass is 288 g/mol. The third-order valence-corrected chi connectivity index (χ3v) is 5.01. The molecule has 0 amide bonds. The molecule has 0 heterocycles. The summed E-state index contributed by atoms with van der Waals surface area (Å²) < 4.78 is 2.25. The molecule has 4 aliphatic carbocycles. The van der Waals surface area contributed by atoms with Crippen LogP contribution in [0.15, 0.2) is 10.2 Å². The lowest BCUT2D eigenvalue weighted by molar-refractivity contribution is -0.0160. The zero-order valence-electron chi connectivity index (χ0n) is 7.95. The molecule has 0 nitrogen and oxygen atoms in total. The molecule has 72 valence electrons. The maximum Gasteiger partial charge on any atom is -0.0169 e. The molecule has 0 atom stereocenters. The van der Waals surface area contributed by atoms with Crippen LogP contribution in [0, 0.1) is 29.6 Å². The SMILES string of the molecule is I/C=C/C1C2CC3CC(C2)CC1C3. The quantitative estimate of drug-likeness (QED) is 0.640. The van der Waals surface area contributed by atoms with Crippen LogP contribution in [0.5, 0.6) is 0 Å². The minimum atomic E-state index is 0.963. The van der Waals surface area contributed by atoms with Crippen molar-refractivity contribution in [2.24, 2.45) is 29.6 Å². The second kappa shape index (κ2) is 3.25. The molecule has 1 heteroatoms. The number of allylic oxidation sites excluding steroid dienone is 1. The molecule has 0 aromatic heterocycles. The van der Waals surface area contributed by atoms with Crippen molar-refractivity contribution in [3.63, 3.8) is 0 Å². The van der Waals surface area contributed by atoms with Crippen LogP contribution in [0.3, 0.4) is 0 Å². The van der Waals surface area contributed by atoms with Gasteiger partial charge >= 0.3 is 0 Å². The summed E-state index contributed by atoms with van der Waals surface area (Å²) in [5.41, 5.74) is 0. The largest absolute Gasteiger partial charge is 0.0748 e. The molecule has 4 saturated carbocycles. The molecule has 13 heavy (non-hydrogen) atoms. The summed E-state index contributed by atoms with van der Waals surface area (Å²) in [6.45, 7) is 0. The molecule has 0 aliphatic heterocycles. The summed E-state index contributed by atoms with van der Waals surface area (Å²) >= 11 is 2.39. The van der Waals surface area contributed by atoms with Crippen molar-refractivity contribution in [3.05, 3.63) is 10.2 Å². The van der Waals surface area contributed by atoms with Crippen LogP contribution in [0.25, 0.3) is 0 Å². The molecule has 4 rings (SSSR count). The molecule has 0 aromatic rings. The van der Waals surface area contributed by atoms with Gasteiger partial charge in [0.2, 0.25) is 0 Å². The second-order valence-corrected chi connectivity index (χ2v) is 6.05. The van der Waals surface area contributed by atoms with Crippen molar-refractivity contribution in [3.8, 4) is 0 Å². The summed E-state index contributed by atoms with van der Waals surface area (Å²) in [4.78, 5) is 0. The van der Waals surface area contributed by atoms with E-state index in [9.17, 15) is 0 Å². The molecule has 0 N–H and O–H groups in total. The fourth-order valence-corrected chi connectivity index (χ4v) is 4.84. The number of hydrogen-bond donors (Lipinski definition) is 0. The Bertz CT molecular complexity index is 203. The van der Waals surface area contributed by atoms with E-state index in [4.69, 9.17) is 0 Å². The molecule has 4 aliphatic rings. The molecule has 0 unspecified atom stereocenters. The smallest absolute Gasteiger partial charge is 0.0169 e. The van der Waals surface area contributed by atoms with Crippen molar-refractivity contribution >= 4 is 22.6 Å². The van der Waals surface area contributed by atoms with Gasteiger partial charge in [-0.3, -0.25) is 0 Å². The van der Waals surface area contributed by atoms with Crippen LogP contribution in [-0.2, 0) is 0 Å². The summed E-state index contributed by atoms with van der Waals surface area (Å²) in [6.07, 6.45) is 10.3. The van der Waals surface area contributed by atoms with Gasteiger partial charge in [0.25, 0.3) is 0 Å². The van der Waals surface area contributed by atoms with Gasteiger partial charge < -0.3 is 0 Å². The van der Waals surface area contributed by atoms with Crippen LogP contribution in [-0.4, -0.2) is 0 Å². The normalized spacial score (nSPS) is 53.5. The average Bonchev–Trinajstić information content (AvgIpc) is 2.10. The van der Waals surface area contributed by atoms with Gasteiger partial charge in [-0.25, -0.2) is 0 Å². The van der Waals surface area contributed by atoms with E-state index < -0.39 is 0 Å². The fourth-order valence-electron chi connectivity index (χ4n) is 4.37. The van der Waals surface area contributed by atoms with E-state index in [0.29, 0.717) is 0 Å². The summed E-state index contributed by atoms with van der Waals surface area (Å²) in [7, 11) is 0. The molecule has 4 fully saturated rings. The first-order valence-electron chi connectivity index (χ1n) is 5.63. The lowest BCUT2D eigenvalue weighted by Crippen LogP contribution is -2.44. The highest BCUT2D eigenvalue weighted by Gasteiger charge is 2.46. The Hall–Kier alpha value is 0.470. The van der Waals surface area contributed by atoms with Crippen LogP contribution < -0.4 is 0 Å². The van der Waals surface area contributed by atoms with E-state index in [0.717, 1.165) is 29.6 Å². The van der Waals surface area contributed by atoms with Gasteiger partial charge in [-0.1, -0.05) is 28.7 Å². The van der Waals surface area contributed by atoms with Crippen molar-refractivity contribution in [2.75, 3.05) is 0 Å². The van der Waals surface area contributed by atoms with E-state index in [2.05, 4.69) is 32.7 Å². The van der Waals surface area contributed by atoms with Crippen molar-refractivity contribution in [1.82, 2.24) is 0 Å². The Kier molecular flexibility index (Phi) is 2.19. The van der Waals surface area contributed by atoms with Crippen LogP contribution in [0.1, 0.15) is 32.1 Å². The number of halogens is 1. The third-order valence-electron chi connectivity index (χ3n) is 4.59. The number of hydrogen-bond acceptors (Lipinski definition) is 0. The summed E-state index contributed by atoms with van der Waals surface area (Å²) in [6, 6.07) is 0. The van der Waals surface area contributed by atoms with E-state index in [1.54, 1.807) is 32.1 Å². The van der Waals surface area contributed by atoms with E-state index in [1.165, 1.54) is 0 Å². The Morgan fingerprint density at radius 3 is 1.85 bits per heavy atom. The number of rotatable bonds is 1. The van der Waals surface area contributed by atoms with Gasteiger partial charge in [0, 0.05) is 0 Å². The fraction of sp³-hybridized carbons (Fsp3) is 0.833. The van der Waals surface area contributed by atoms with E-state index >= 15 is 0 Å². The lowest BCUT2D eigenvalue weighted by Gasteiger charge is -2.53. The summed E-state index contributed by atoms with van der Waals surface area (Å²) in [5.74, 6) is 5.36. The van der Waals surface area contributed by atoms with Gasteiger partial charge in [0.1, 0.15) is 0 Å². The minimum Gasteiger partial charge on any atom is -0.0748 e. The molecular formula is C12H17I. The van der Waals surface area contributed by atoms with E-state index in [1.807, 2.05) is 0 Å². The average molecular weight is 288 g/mol. The lowest BCUT2D eigenvalue weighted by atomic mass is 9.52. The van der Waals surface area contributed by atoms with Crippen molar-refractivity contribution in [1.29, 1.82) is 0 Å². The van der Waals surface area contributed by atoms with Gasteiger partial charge in [-0.2, -0.15) is 0 Å². The highest BCUT2D eigenvalue weighted by Crippen LogP contribution is 2.56. The Balaban J connectivity index is 1.85. The molecule has 0 radical (unpaired) electrons. The zero-order valence-corrected chi connectivity index (χ0v) is 10.1. The molecule has 0 spiro atoms. The molecular weight excluding hydrogens is 271 g/mol. The van der Waals surface area contributed by atoms with Gasteiger partial charge in [0.15, 0.2) is 0 Å². The Labute approximate surface area is 94.3 Å². The predicted molar refractivity (Wildman–Crippen MR) is 63.7 cm³/mol. The first-order chi connectivity index (χ1) is 6.36. The van der Waals surface area contributed by atoms with Crippen LogP contribution in [0.4, 0.5) is 0 Å². The topological polar surface area (TPSA) is 0 Å². The Morgan fingerprint density at radius 1 is 0.846 bits per heavy atom. The van der Waals surface area contributed by atoms with Crippen molar-refractivity contribution in [2.45, 2.75) is 32.1 Å². The van der Waals surface area contributed by atoms with Crippen molar-refractivity contribution < 1.29 is 0 Å². The Morgan fingerprint density at radius 2 is 1.38 bits per heavy atom. The van der Waals surface area contributed by atoms with Crippen LogP contribution in [0.2, 0.25) is 0 Å². The van der Waals surface area contributed by atoms with Crippen LogP contribution >= 0.6 is 22.6 Å². The minimum absolute atomic E-state index is 0.963. The zero-order chi connectivity index (χ0) is 8.84. The molecule has 0 aromatic carbocycles. The summed E-state index contributed by atoms with van der Waals surface area (Å²) in [5, 5.41) is 0. The van der Waals surface area contributed by atoms with Gasteiger partial charge in [-0.15, -0.1) is 0 Å². The van der Waals surface area contributed by atoms with Gasteiger partial charge in [-0.05, 0) is 65.8 Å². The van der Waals surface area contributed by atoms with Gasteiger partial charge in [0.05, 0.1) is 0 Å². The predicted octanol–water partition coefficient (Wildman–Crippen LogP) is 4.01. The highest BCUT2D eigenvalue weighted by atomic mass is 127. The maximum atomic E-state index is 2.49. The first kappa shape index (κ1) is 8.75. The standard InChI is InChI=1S/C12H17I/c13-2-1-12-10-4-8-3-9(6-10)7-11(12)5-8/h1-2,8-12H,3-7H2/b2-1+. The first-order valence-corrected chi connectivity index (χ1v) is 6.88. The van der Waals surface area contributed by atoms with E-state index in [-0.39, 0.29) is 0 Å². The molecule has 0 saturated heterocycles. The second-order valence-electron chi connectivity index (χ2n) is 5.33. The third kappa shape index (κ3) is 1.38. The highest BCUT2D eigenvalue weighted by molar-refractivity contribution is 14.1. The molecule has 4 bridgehead atoms. The maximum absolute atomic E-state index is 2.49.